The number of methoxy groups -OCH3 is 1. The summed E-state index contributed by atoms with van der Waals surface area (Å²) in [6.45, 7) is 3.41. The number of ether oxygens (including phenoxy) is 1. The van der Waals surface area contributed by atoms with Crippen LogP contribution in [-0.2, 0) is 12.7 Å². The molecule has 2 amide bonds. The summed E-state index contributed by atoms with van der Waals surface area (Å²) < 4.78 is 44.1. The van der Waals surface area contributed by atoms with Gasteiger partial charge in [-0.2, -0.15) is 13.2 Å². The normalized spacial score (nSPS) is 12.8. The van der Waals surface area contributed by atoms with E-state index in [0.717, 1.165) is 6.07 Å². The van der Waals surface area contributed by atoms with Crippen molar-refractivity contribution in [3.05, 3.63) is 29.3 Å². The third kappa shape index (κ3) is 5.92. The quantitative estimate of drug-likeness (QED) is 0.710. The first kappa shape index (κ1) is 20.1. The average Bonchev–Trinajstić information content (AvgIpc) is 2.51. The summed E-state index contributed by atoms with van der Waals surface area (Å²) in [7, 11) is 1.29. The largest absolute Gasteiger partial charge is 0.497 e. The standard InChI is InChI=1S/C16H23F3N2O3/c1-10(2)14(6-7-22)21-15(23)20-9-11-4-5-12(24-3)8-13(11)16(17,18)19/h4-5,8,10,14,22H,6-7,9H2,1-3H3,(H2,20,21,23). The van der Waals surface area contributed by atoms with Crippen LogP contribution in [0.25, 0.3) is 0 Å². The minimum Gasteiger partial charge on any atom is -0.497 e. The molecule has 1 aromatic carbocycles. The minimum atomic E-state index is -4.54. The minimum absolute atomic E-state index is 0.0540. The molecule has 0 saturated heterocycles. The van der Waals surface area contributed by atoms with Crippen LogP contribution in [0.3, 0.4) is 0 Å². The molecule has 0 radical (unpaired) electrons. The number of nitrogens with one attached hydrogen (secondary N) is 2. The van der Waals surface area contributed by atoms with Crippen molar-refractivity contribution in [2.45, 2.75) is 39.0 Å². The van der Waals surface area contributed by atoms with Crippen LogP contribution in [0.1, 0.15) is 31.4 Å². The molecule has 5 nitrogen and oxygen atoms in total. The molecule has 0 heterocycles. The topological polar surface area (TPSA) is 70.6 Å². The molecule has 0 aliphatic carbocycles. The van der Waals surface area contributed by atoms with E-state index in [1.165, 1.54) is 19.2 Å². The molecule has 0 bridgehead atoms. The van der Waals surface area contributed by atoms with E-state index in [9.17, 15) is 18.0 Å². The maximum Gasteiger partial charge on any atom is 0.416 e. The summed E-state index contributed by atoms with van der Waals surface area (Å²) in [6.07, 6.45) is -4.17. The maximum atomic E-state index is 13.1. The van der Waals surface area contributed by atoms with Crippen molar-refractivity contribution < 1.29 is 27.8 Å². The fraction of sp³-hybridized carbons (Fsp3) is 0.562. The number of amides is 2. The Labute approximate surface area is 139 Å². The molecular formula is C16H23F3N2O3. The summed E-state index contributed by atoms with van der Waals surface area (Å²) in [4.78, 5) is 11.9. The van der Waals surface area contributed by atoms with Gasteiger partial charge >= 0.3 is 12.2 Å². The van der Waals surface area contributed by atoms with Crippen molar-refractivity contribution in [1.82, 2.24) is 10.6 Å². The monoisotopic (exact) mass is 348 g/mol. The number of hydrogen-bond acceptors (Lipinski definition) is 3. The van der Waals surface area contributed by atoms with Crippen molar-refractivity contribution >= 4 is 6.03 Å². The summed E-state index contributed by atoms with van der Waals surface area (Å²) in [5, 5.41) is 14.0. The number of hydrogen-bond donors (Lipinski definition) is 3. The molecule has 1 rings (SSSR count). The number of alkyl halides is 3. The average molecular weight is 348 g/mol. The number of aliphatic hydroxyl groups excluding tert-OH is 1. The SMILES string of the molecule is COc1ccc(CNC(=O)NC(CCO)C(C)C)c(C(F)(F)F)c1. The van der Waals surface area contributed by atoms with Gasteiger partial charge in [0.25, 0.3) is 0 Å². The zero-order valence-corrected chi connectivity index (χ0v) is 13.9. The zero-order chi connectivity index (χ0) is 18.3. The second kappa shape index (κ2) is 8.77. The van der Waals surface area contributed by atoms with E-state index in [-0.39, 0.29) is 36.4 Å². The number of benzene rings is 1. The highest BCUT2D eigenvalue weighted by Gasteiger charge is 2.33. The van der Waals surface area contributed by atoms with Crippen molar-refractivity contribution in [2.75, 3.05) is 13.7 Å². The van der Waals surface area contributed by atoms with Gasteiger partial charge in [-0.3, -0.25) is 0 Å². The Hall–Kier alpha value is -1.96. The van der Waals surface area contributed by atoms with Crippen molar-refractivity contribution in [3.8, 4) is 5.75 Å². The lowest BCUT2D eigenvalue weighted by Crippen LogP contribution is -2.44. The Morgan fingerprint density at radius 2 is 2.00 bits per heavy atom. The van der Waals surface area contributed by atoms with E-state index in [2.05, 4.69) is 10.6 Å². The molecule has 0 fully saturated rings. The van der Waals surface area contributed by atoms with Gasteiger partial charge in [-0.25, -0.2) is 4.79 Å². The summed E-state index contributed by atoms with van der Waals surface area (Å²) in [5.74, 6) is 0.188. The summed E-state index contributed by atoms with van der Waals surface area (Å²) in [6, 6.07) is 2.75. The lowest BCUT2D eigenvalue weighted by molar-refractivity contribution is -0.138. The molecule has 0 spiro atoms. The predicted octanol–water partition coefficient (Wildman–Crippen LogP) is 2.92. The molecule has 1 aromatic rings. The van der Waals surface area contributed by atoms with Crippen LogP contribution in [0.2, 0.25) is 0 Å². The van der Waals surface area contributed by atoms with Gasteiger partial charge in [0.15, 0.2) is 0 Å². The van der Waals surface area contributed by atoms with Gasteiger partial charge in [0.05, 0.1) is 12.7 Å². The van der Waals surface area contributed by atoms with Crippen LogP contribution in [0.4, 0.5) is 18.0 Å². The highest BCUT2D eigenvalue weighted by molar-refractivity contribution is 5.74. The van der Waals surface area contributed by atoms with E-state index in [1.807, 2.05) is 13.8 Å². The molecule has 8 heteroatoms. The molecule has 0 aliphatic rings. The number of carbonyl (C=O) groups excluding carboxylic acids is 1. The van der Waals surface area contributed by atoms with Crippen LogP contribution < -0.4 is 15.4 Å². The number of carbonyl (C=O) groups is 1. The van der Waals surface area contributed by atoms with Gasteiger partial charge < -0.3 is 20.5 Å². The van der Waals surface area contributed by atoms with Gasteiger partial charge in [-0.15, -0.1) is 0 Å². The molecule has 0 aliphatic heterocycles. The zero-order valence-electron chi connectivity index (χ0n) is 13.9. The number of halogens is 3. The Morgan fingerprint density at radius 3 is 2.50 bits per heavy atom. The Balaban J connectivity index is 2.78. The van der Waals surface area contributed by atoms with E-state index >= 15 is 0 Å². The molecule has 1 unspecified atom stereocenters. The van der Waals surface area contributed by atoms with E-state index in [0.29, 0.717) is 6.42 Å². The molecule has 3 N–H and O–H groups in total. The molecule has 0 aromatic heterocycles. The van der Waals surface area contributed by atoms with Gasteiger partial charge in [0.1, 0.15) is 5.75 Å². The first-order chi connectivity index (χ1) is 11.2. The highest BCUT2D eigenvalue weighted by Crippen LogP contribution is 2.34. The maximum absolute atomic E-state index is 13.1. The van der Waals surface area contributed by atoms with Crippen LogP contribution in [0, 0.1) is 5.92 Å². The molecule has 0 saturated carbocycles. The fourth-order valence-electron chi connectivity index (χ4n) is 2.21. The number of aliphatic hydroxyl groups is 1. The third-order valence-corrected chi connectivity index (χ3v) is 3.62. The first-order valence-corrected chi connectivity index (χ1v) is 7.58. The van der Waals surface area contributed by atoms with Gasteiger partial charge in [-0.1, -0.05) is 19.9 Å². The predicted molar refractivity (Wildman–Crippen MR) is 83.7 cm³/mol. The molecule has 136 valence electrons. The van der Waals surface area contributed by atoms with Crippen LogP contribution >= 0.6 is 0 Å². The molecule has 1 atom stereocenters. The van der Waals surface area contributed by atoms with Gasteiger partial charge in [0.2, 0.25) is 0 Å². The van der Waals surface area contributed by atoms with E-state index in [1.54, 1.807) is 0 Å². The Kier molecular flexibility index (Phi) is 7.34. The Bertz CT molecular complexity index is 548. The lowest BCUT2D eigenvalue weighted by atomic mass is 10.0. The van der Waals surface area contributed by atoms with E-state index in [4.69, 9.17) is 9.84 Å². The van der Waals surface area contributed by atoms with Crippen molar-refractivity contribution in [3.63, 3.8) is 0 Å². The second-order valence-corrected chi connectivity index (χ2v) is 5.71. The smallest absolute Gasteiger partial charge is 0.416 e. The van der Waals surface area contributed by atoms with Crippen LogP contribution in [-0.4, -0.2) is 30.9 Å². The number of urea groups is 1. The van der Waals surface area contributed by atoms with E-state index < -0.39 is 17.8 Å². The fourth-order valence-corrected chi connectivity index (χ4v) is 2.21. The van der Waals surface area contributed by atoms with Crippen LogP contribution in [0.5, 0.6) is 5.75 Å². The molecular weight excluding hydrogens is 325 g/mol. The molecule has 24 heavy (non-hydrogen) atoms. The lowest BCUT2D eigenvalue weighted by Gasteiger charge is -2.22. The summed E-state index contributed by atoms with van der Waals surface area (Å²) in [5.41, 5.74) is -0.903. The van der Waals surface area contributed by atoms with Crippen LogP contribution in [0.15, 0.2) is 18.2 Å². The van der Waals surface area contributed by atoms with Gasteiger partial charge in [-0.05, 0) is 30.0 Å². The van der Waals surface area contributed by atoms with Gasteiger partial charge in [0, 0.05) is 19.2 Å². The third-order valence-electron chi connectivity index (χ3n) is 3.62. The van der Waals surface area contributed by atoms with Crippen molar-refractivity contribution in [1.29, 1.82) is 0 Å². The number of rotatable bonds is 7. The highest BCUT2D eigenvalue weighted by atomic mass is 19.4. The summed E-state index contributed by atoms with van der Waals surface area (Å²) >= 11 is 0. The van der Waals surface area contributed by atoms with Crippen molar-refractivity contribution in [2.24, 2.45) is 5.92 Å². The second-order valence-electron chi connectivity index (χ2n) is 5.71. The Morgan fingerprint density at radius 1 is 1.33 bits per heavy atom. The first-order valence-electron chi connectivity index (χ1n) is 7.58.